The van der Waals surface area contributed by atoms with Gasteiger partial charge in [-0.15, -0.1) is 0 Å². The lowest BCUT2D eigenvalue weighted by molar-refractivity contribution is 0.0526. The molecule has 1 saturated heterocycles. The summed E-state index contributed by atoms with van der Waals surface area (Å²) in [5, 5.41) is 0. The molecular weight excluding hydrogens is 249 g/mol. The number of esters is 1. The molecule has 1 heterocycles. The molecule has 1 aromatic rings. The van der Waals surface area contributed by atoms with Crippen LogP contribution in [0.25, 0.3) is 0 Å². The second kappa shape index (κ2) is 6.02. The van der Waals surface area contributed by atoms with E-state index >= 15 is 0 Å². The van der Waals surface area contributed by atoms with E-state index in [9.17, 15) is 9.18 Å². The minimum Gasteiger partial charge on any atom is -0.462 e. The molecule has 1 atom stereocenters. The van der Waals surface area contributed by atoms with E-state index in [2.05, 4.69) is 0 Å². The first-order chi connectivity index (χ1) is 9.15. The molecule has 1 fully saturated rings. The van der Waals surface area contributed by atoms with Gasteiger partial charge >= 0.3 is 5.97 Å². The lowest BCUT2D eigenvalue weighted by atomic mass is 10.2. The van der Waals surface area contributed by atoms with E-state index in [1.165, 1.54) is 6.07 Å². The van der Waals surface area contributed by atoms with Crippen molar-refractivity contribution in [1.82, 2.24) is 0 Å². The molecule has 2 rings (SSSR count). The molecule has 0 unspecified atom stereocenters. The summed E-state index contributed by atoms with van der Waals surface area (Å²) in [7, 11) is 1.66. The molecule has 1 aliphatic heterocycles. The summed E-state index contributed by atoms with van der Waals surface area (Å²) in [6.45, 7) is 3.43. The van der Waals surface area contributed by atoms with Crippen LogP contribution in [0.5, 0.6) is 0 Å². The largest absolute Gasteiger partial charge is 0.462 e. The number of carbonyl (C=O) groups excluding carboxylic acids is 1. The molecular formula is C14H18FNO3. The predicted octanol–water partition coefficient (Wildman–Crippen LogP) is 2.23. The van der Waals surface area contributed by atoms with Crippen molar-refractivity contribution in [1.29, 1.82) is 0 Å². The molecule has 0 aromatic heterocycles. The lowest BCUT2D eigenvalue weighted by Crippen LogP contribution is -2.23. The SMILES string of the molecule is CCOC(=O)c1ccc(N2CC[C@@H](OC)C2)c(F)c1. The Hall–Kier alpha value is -1.62. The molecule has 5 heteroatoms. The number of hydrogen-bond donors (Lipinski definition) is 0. The Morgan fingerprint density at radius 2 is 2.32 bits per heavy atom. The molecule has 0 aliphatic carbocycles. The number of carbonyl (C=O) groups is 1. The summed E-state index contributed by atoms with van der Waals surface area (Å²) in [6, 6.07) is 4.45. The Bertz CT molecular complexity index is 464. The van der Waals surface area contributed by atoms with Crippen molar-refractivity contribution in [3.8, 4) is 0 Å². The summed E-state index contributed by atoms with van der Waals surface area (Å²) in [6.07, 6.45) is 1.03. The fourth-order valence-corrected chi connectivity index (χ4v) is 2.24. The minimum absolute atomic E-state index is 0.143. The van der Waals surface area contributed by atoms with E-state index in [1.807, 2.05) is 4.90 Å². The average Bonchev–Trinajstić information content (AvgIpc) is 2.87. The monoisotopic (exact) mass is 267 g/mol. The quantitative estimate of drug-likeness (QED) is 0.784. The van der Waals surface area contributed by atoms with Crippen LogP contribution in [0.3, 0.4) is 0 Å². The fraction of sp³-hybridized carbons (Fsp3) is 0.500. The molecule has 0 saturated carbocycles. The molecule has 4 nitrogen and oxygen atoms in total. The van der Waals surface area contributed by atoms with Crippen molar-refractivity contribution in [3.63, 3.8) is 0 Å². The van der Waals surface area contributed by atoms with Gasteiger partial charge in [0.2, 0.25) is 0 Å². The van der Waals surface area contributed by atoms with Gasteiger partial charge in [-0.2, -0.15) is 0 Å². The van der Waals surface area contributed by atoms with Crippen LogP contribution in [0.1, 0.15) is 23.7 Å². The van der Waals surface area contributed by atoms with Crippen molar-refractivity contribution in [2.24, 2.45) is 0 Å². The van der Waals surface area contributed by atoms with Gasteiger partial charge in [-0.1, -0.05) is 0 Å². The highest BCUT2D eigenvalue weighted by atomic mass is 19.1. The van der Waals surface area contributed by atoms with Crippen molar-refractivity contribution in [2.45, 2.75) is 19.4 Å². The number of halogens is 1. The number of hydrogen-bond acceptors (Lipinski definition) is 4. The van der Waals surface area contributed by atoms with Gasteiger partial charge in [0.05, 0.1) is 24.0 Å². The van der Waals surface area contributed by atoms with Crippen LogP contribution in [-0.2, 0) is 9.47 Å². The van der Waals surface area contributed by atoms with Gasteiger partial charge in [0.15, 0.2) is 0 Å². The van der Waals surface area contributed by atoms with E-state index in [0.29, 0.717) is 12.2 Å². The summed E-state index contributed by atoms with van der Waals surface area (Å²) >= 11 is 0. The van der Waals surface area contributed by atoms with Crippen molar-refractivity contribution >= 4 is 11.7 Å². The van der Waals surface area contributed by atoms with Crippen LogP contribution in [0.15, 0.2) is 18.2 Å². The van der Waals surface area contributed by atoms with Crippen LogP contribution in [0, 0.1) is 5.82 Å². The van der Waals surface area contributed by atoms with Gasteiger partial charge in [0.25, 0.3) is 0 Å². The maximum absolute atomic E-state index is 14.0. The maximum Gasteiger partial charge on any atom is 0.338 e. The number of benzene rings is 1. The van der Waals surface area contributed by atoms with Gasteiger partial charge in [-0.05, 0) is 31.5 Å². The van der Waals surface area contributed by atoms with Crippen LogP contribution in [-0.4, -0.2) is 38.9 Å². The van der Waals surface area contributed by atoms with Crippen molar-refractivity contribution < 1.29 is 18.7 Å². The average molecular weight is 267 g/mol. The van der Waals surface area contributed by atoms with Gasteiger partial charge in [0, 0.05) is 20.2 Å². The predicted molar refractivity (Wildman–Crippen MR) is 70.0 cm³/mol. The molecule has 1 aliphatic rings. The first-order valence-corrected chi connectivity index (χ1v) is 6.40. The van der Waals surface area contributed by atoms with Gasteiger partial charge in [-0.25, -0.2) is 9.18 Å². The molecule has 0 bridgehead atoms. The van der Waals surface area contributed by atoms with Crippen LogP contribution < -0.4 is 4.90 Å². The van der Waals surface area contributed by atoms with Crippen molar-refractivity contribution in [3.05, 3.63) is 29.6 Å². The topological polar surface area (TPSA) is 38.8 Å². The molecule has 0 radical (unpaired) electrons. The minimum atomic E-state index is -0.496. The fourth-order valence-electron chi connectivity index (χ4n) is 2.24. The first-order valence-electron chi connectivity index (χ1n) is 6.40. The lowest BCUT2D eigenvalue weighted by Gasteiger charge is -2.19. The van der Waals surface area contributed by atoms with Crippen molar-refractivity contribution in [2.75, 3.05) is 31.7 Å². The Morgan fingerprint density at radius 3 is 2.89 bits per heavy atom. The Balaban J connectivity index is 2.13. The summed E-state index contributed by atoms with van der Waals surface area (Å²) < 4.78 is 24.1. The van der Waals surface area contributed by atoms with E-state index < -0.39 is 11.8 Å². The Morgan fingerprint density at radius 1 is 1.53 bits per heavy atom. The zero-order valence-corrected chi connectivity index (χ0v) is 11.2. The number of ether oxygens (including phenoxy) is 2. The molecule has 104 valence electrons. The molecule has 0 N–H and O–H groups in total. The van der Waals surface area contributed by atoms with Crippen LogP contribution in [0.4, 0.5) is 10.1 Å². The Labute approximate surface area is 112 Å². The maximum atomic E-state index is 14.0. The number of methoxy groups -OCH3 is 1. The van der Waals surface area contributed by atoms with E-state index in [0.717, 1.165) is 13.0 Å². The third-order valence-electron chi connectivity index (χ3n) is 3.28. The second-order valence-electron chi connectivity index (χ2n) is 4.48. The number of anilines is 1. The third kappa shape index (κ3) is 3.04. The first kappa shape index (κ1) is 13.8. The van der Waals surface area contributed by atoms with E-state index in [1.54, 1.807) is 26.2 Å². The van der Waals surface area contributed by atoms with Gasteiger partial charge in [-0.3, -0.25) is 0 Å². The highest BCUT2D eigenvalue weighted by molar-refractivity contribution is 5.89. The smallest absolute Gasteiger partial charge is 0.338 e. The number of rotatable bonds is 4. The number of nitrogens with zero attached hydrogens (tertiary/aromatic N) is 1. The summed E-state index contributed by atoms with van der Waals surface area (Å²) in [5.41, 5.74) is 0.748. The second-order valence-corrected chi connectivity index (χ2v) is 4.48. The molecule has 19 heavy (non-hydrogen) atoms. The highest BCUT2D eigenvalue weighted by Gasteiger charge is 2.24. The molecule has 0 spiro atoms. The zero-order chi connectivity index (χ0) is 13.8. The van der Waals surface area contributed by atoms with Gasteiger partial charge in [0.1, 0.15) is 5.82 Å². The highest BCUT2D eigenvalue weighted by Crippen LogP contribution is 2.25. The van der Waals surface area contributed by atoms with Crippen LogP contribution in [0.2, 0.25) is 0 Å². The van der Waals surface area contributed by atoms with Gasteiger partial charge < -0.3 is 14.4 Å². The van der Waals surface area contributed by atoms with E-state index in [4.69, 9.17) is 9.47 Å². The summed E-state index contributed by atoms with van der Waals surface area (Å²) in [5.74, 6) is -0.897. The molecule has 0 amide bonds. The standard InChI is InChI=1S/C14H18FNO3/c1-3-19-14(17)10-4-5-13(12(15)8-10)16-7-6-11(9-16)18-2/h4-5,8,11H,3,6-7,9H2,1-2H3/t11-/m1/s1. The van der Waals surface area contributed by atoms with Crippen LogP contribution >= 0.6 is 0 Å². The van der Waals surface area contributed by atoms with E-state index in [-0.39, 0.29) is 18.3 Å². The normalized spacial score (nSPS) is 18.7. The molecule has 1 aromatic carbocycles. The Kier molecular flexibility index (Phi) is 4.37. The summed E-state index contributed by atoms with van der Waals surface area (Å²) in [4.78, 5) is 13.4. The zero-order valence-electron chi connectivity index (χ0n) is 11.2. The third-order valence-corrected chi connectivity index (χ3v) is 3.28.